The summed E-state index contributed by atoms with van der Waals surface area (Å²) in [6.45, 7) is 3.34. The van der Waals surface area contributed by atoms with Crippen LogP contribution in [0.5, 0.6) is 5.75 Å². The molecule has 0 aliphatic carbocycles. The Morgan fingerprint density at radius 1 is 1.32 bits per heavy atom. The Morgan fingerprint density at radius 3 is 2.68 bits per heavy atom. The zero-order chi connectivity index (χ0) is 13.7. The van der Waals surface area contributed by atoms with Crippen LogP contribution in [-0.2, 0) is 4.79 Å². The summed E-state index contributed by atoms with van der Waals surface area (Å²) in [7, 11) is 1.60. The van der Waals surface area contributed by atoms with Crippen molar-refractivity contribution in [2.75, 3.05) is 33.3 Å². The quantitative estimate of drug-likeness (QED) is 0.853. The van der Waals surface area contributed by atoms with E-state index in [9.17, 15) is 9.90 Å². The maximum atomic E-state index is 11.6. The summed E-state index contributed by atoms with van der Waals surface area (Å²) >= 11 is 0. The molecule has 1 unspecified atom stereocenters. The smallest absolute Gasteiger partial charge is 0.325 e. The molecule has 0 radical (unpaired) electrons. The van der Waals surface area contributed by atoms with Gasteiger partial charge in [0.25, 0.3) is 0 Å². The first-order valence-electron chi connectivity index (χ1n) is 6.54. The number of hydrogen-bond acceptors (Lipinski definition) is 4. The van der Waals surface area contributed by atoms with Crippen molar-refractivity contribution in [1.82, 2.24) is 10.2 Å². The minimum atomic E-state index is -0.799. The van der Waals surface area contributed by atoms with E-state index in [0.717, 1.165) is 43.9 Å². The van der Waals surface area contributed by atoms with E-state index in [-0.39, 0.29) is 0 Å². The van der Waals surface area contributed by atoms with Crippen LogP contribution in [0.15, 0.2) is 24.3 Å². The van der Waals surface area contributed by atoms with E-state index in [1.54, 1.807) is 19.2 Å². The predicted molar refractivity (Wildman–Crippen MR) is 72.4 cm³/mol. The Labute approximate surface area is 113 Å². The molecule has 0 bridgehead atoms. The largest absolute Gasteiger partial charge is 0.497 e. The van der Waals surface area contributed by atoms with Crippen molar-refractivity contribution in [2.45, 2.75) is 12.5 Å². The molecule has 1 aliphatic heterocycles. The molecule has 1 heterocycles. The summed E-state index contributed by atoms with van der Waals surface area (Å²) in [6.07, 6.45) is 0.972. The second-order valence-corrected chi connectivity index (χ2v) is 4.65. The number of methoxy groups -OCH3 is 1. The fourth-order valence-electron chi connectivity index (χ4n) is 2.42. The van der Waals surface area contributed by atoms with Gasteiger partial charge in [-0.1, -0.05) is 12.1 Å². The summed E-state index contributed by atoms with van der Waals surface area (Å²) in [5.74, 6) is -0.0579. The van der Waals surface area contributed by atoms with Crippen LogP contribution in [0, 0.1) is 0 Å². The lowest BCUT2D eigenvalue weighted by Gasteiger charge is -2.27. The van der Waals surface area contributed by atoms with Crippen molar-refractivity contribution in [3.05, 3.63) is 29.8 Å². The second kappa shape index (κ2) is 6.54. The van der Waals surface area contributed by atoms with Crippen LogP contribution < -0.4 is 10.1 Å². The topological polar surface area (TPSA) is 61.8 Å². The average Bonchev–Trinajstić information content (AvgIpc) is 2.68. The van der Waals surface area contributed by atoms with Gasteiger partial charge in [0, 0.05) is 19.6 Å². The zero-order valence-electron chi connectivity index (χ0n) is 11.1. The van der Waals surface area contributed by atoms with Crippen LogP contribution in [0.25, 0.3) is 0 Å². The van der Waals surface area contributed by atoms with E-state index in [2.05, 4.69) is 5.32 Å². The van der Waals surface area contributed by atoms with Crippen molar-refractivity contribution >= 4 is 5.97 Å². The highest BCUT2D eigenvalue weighted by molar-refractivity contribution is 5.75. The standard InChI is InChI=1S/C14H20N2O3/c1-19-12-5-3-11(4-6-12)13(14(17)18)16-9-2-7-15-8-10-16/h3-6,13,15H,2,7-10H2,1H3,(H,17,18). The molecule has 5 heteroatoms. The van der Waals surface area contributed by atoms with Gasteiger partial charge in [-0.15, -0.1) is 0 Å². The van der Waals surface area contributed by atoms with Crippen LogP contribution in [0.4, 0.5) is 0 Å². The Morgan fingerprint density at radius 2 is 2.05 bits per heavy atom. The van der Waals surface area contributed by atoms with Crippen LogP contribution in [0.2, 0.25) is 0 Å². The van der Waals surface area contributed by atoms with Gasteiger partial charge in [-0.25, -0.2) is 0 Å². The summed E-state index contributed by atoms with van der Waals surface area (Å²) in [4.78, 5) is 13.6. The lowest BCUT2D eigenvalue weighted by Crippen LogP contribution is -2.36. The van der Waals surface area contributed by atoms with E-state index in [1.807, 2.05) is 17.0 Å². The molecule has 1 atom stereocenters. The van der Waals surface area contributed by atoms with Gasteiger partial charge < -0.3 is 15.2 Å². The van der Waals surface area contributed by atoms with Gasteiger partial charge in [-0.3, -0.25) is 9.69 Å². The summed E-state index contributed by atoms with van der Waals surface area (Å²) < 4.78 is 5.10. The van der Waals surface area contributed by atoms with E-state index in [4.69, 9.17) is 4.74 Å². The van der Waals surface area contributed by atoms with Gasteiger partial charge in [-0.05, 0) is 30.7 Å². The Balaban J connectivity index is 2.20. The number of carboxylic acid groups (broad SMARTS) is 1. The van der Waals surface area contributed by atoms with Gasteiger partial charge in [-0.2, -0.15) is 0 Å². The van der Waals surface area contributed by atoms with Crippen molar-refractivity contribution in [2.24, 2.45) is 0 Å². The highest BCUT2D eigenvalue weighted by atomic mass is 16.5. The molecule has 19 heavy (non-hydrogen) atoms. The molecule has 1 aromatic carbocycles. The molecule has 0 aromatic heterocycles. The minimum Gasteiger partial charge on any atom is -0.497 e. The lowest BCUT2D eigenvalue weighted by atomic mass is 10.0. The van der Waals surface area contributed by atoms with E-state index in [1.165, 1.54) is 0 Å². The third kappa shape index (κ3) is 3.45. The Bertz CT molecular complexity index is 411. The van der Waals surface area contributed by atoms with Crippen LogP contribution in [0.1, 0.15) is 18.0 Å². The van der Waals surface area contributed by atoms with Crippen LogP contribution >= 0.6 is 0 Å². The number of carboxylic acids is 1. The fraction of sp³-hybridized carbons (Fsp3) is 0.500. The summed E-state index contributed by atoms with van der Waals surface area (Å²) in [6, 6.07) is 6.69. The molecule has 1 saturated heterocycles. The molecule has 0 spiro atoms. The zero-order valence-corrected chi connectivity index (χ0v) is 11.1. The molecular weight excluding hydrogens is 244 g/mol. The third-order valence-electron chi connectivity index (χ3n) is 3.41. The maximum Gasteiger partial charge on any atom is 0.325 e. The molecule has 1 aromatic rings. The summed E-state index contributed by atoms with van der Waals surface area (Å²) in [5.41, 5.74) is 0.801. The third-order valence-corrected chi connectivity index (χ3v) is 3.41. The second-order valence-electron chi connectivity index (χ2n) is 4.65. The number of carbonyl (C=O) groups is 1. The van der Waals surface area contributed by atoms with Gasteiger partial charge in [0.2, 0.25) is 0 Å². The molecular formula is C14H20N2O3. The first-order valence-corrected chi connectivity index (χ1v) is 6.54. The first-order chi connectivity index (χ1) is 9.22. The number of ether oxygens (including phenoxy) is 1. The van der Waals surface area contributed by atoms with Crippen molar-refractivity contribution in [1.29, 1.82) is 0 Å². The number of benzene rings is 1. The molecule has 2 rings (SSSR count). The molecule has 5 nitrogen and oxygen atoms in total. The fourth-order valence-corrected chi connectivity index (χ4v) is 2.42. The number of nitrogens with one attached hydrogen (secondary N) is 1. The number of hydrogen-bond donors (Lipinski definition) is 2. The molecule has 2 N–H and O–H groups in total. The van der Waals surface area contributed by atoms with Crippen molar-refractivity contribution in [3.63, 3.8) is 0 Å². The van der Waals surface area contributed by atoms with Gasteiger partial charge in [0.15, 0.2) is 0 Å². The van der Waals surface area contributed by atoms with Crippen molar-refractivity contribution in [3.8, 4) is 5.75 Å². The minimum absolute atomic E-state index is 0.578. The lowest BCUT2D eigenvalue weighted by molar-refractivity contribution is -0.143. The van der Waals surface area contributed by atoms with E-state index < -0.39 is 12.0 Å². The van der Waals surface area contributed by atoms with Gasteiger partial charge >= 0.3 is 5.97 Å². The predicted octanol–water partition coefficient (Wildman–Crippen LogP) is 1.12. The first kappa shape index (κ1) is 13.8. The number of rotatable bonds is 4. The average molecular weight is 264 g/mol. The van der Waals surface area contributed by atoms with Crippen LogP contribution in [0.3, 0.4) is 0 Å². The van der Waals surface area contributed by atoms with Gasteiger partial charge in [0.1, 0.15) is 11.8 Å². The molecule has 1 aliphatic rings. The summed E-state index contributed by atoms with van der Waals surface area (Å²) in [5, 5.41) is 12.8. The van der Waals surface area contributed by atoms with Crippen molar-refractivity contribution < 1.29 is 14.6 Å². The normalized spacial score (nSPS) is 18.6. The Kier molecular flexibility index (Phi) is 4.76. The molecule has 0 saturated carbocycles. The van der Waals surface area contributed by atoms with E-state index >= 15 is 0 Å². The SMILES string of the molecule is COc1ccc(C(C(=O)O)N2CCCNCC2)cc1. The number of aliphatic carboxylic acids is 1. The maximum absolute atomic E-state index is 11.6. The van der Waals surface area contributed by atoms with Crippen LogP contribution in [-0.4, -0.2) is 49.3 Å². The molecule has 1 fully saturated rings. The highest BCUT2D eigenvalue weighted by Crippen LogP contribution is 2.24. The monoisotopic (exact) mass is 264 g/mol. The van der Waals surface area contributed by atoms with Gasteiger partial charge in [0.05, 0.1) is 7.11 Å². The molecule has 0 amide bonds. The highest BCUT2D eigenvalue weighted by Gasteiger charge is 2.27. The number of nitrogens with zero attached hydrogens (tertiary/aromatic N) is 1. The van der Waals surface area contributed by atoms with E-state index in [0.29, 0.717) is 0 Å². The Hall–Kier alpha value is -1.59. The molecule has 104 valence electrons.